The minimum absolute atomic E-state index is 0.0182. The number of rotatable bonds is 5. The molecule has 1 unspecified atom stereocenters. The van der Waals surface area contributed by atoms with E-state index < -0.39 is 0 Å². The van der Waals surface area contributed by atoms with Gasteiger partial charge in [-0.15, -0.1) is 0 Å². The first-order valence-electron chi connectivity index (χ1n) is 4.71. The number of carbonyl (C=O) groups is 1. The highest BCUT2D eigenvalue weighted by molar-refractivity contribution is 5.69. The number of methoxy groups -OCH3 is 1. The lowest BCUT2D eigenvalue weighted by Gasteiger charge is -2.09. The summed E-state index contributed by atoms with van der Waals surface area (Å²) in [5, 5.41) is 6.73. The Morgan fingerprint density at radius 1 is 1.67 bits per heavy atom. The van der Waals surface area contributed by atoms with Gasteiger partial charge in [-0.1, -0.05) is 5.16 Å². The predicted octanol–water partition coefficient (Wildman–Crippen LogP) is 0.419. The number of hydrogen-bond donors (Lipinski definition) is 1. The minimum Gasteiger partial charge on any atom is -0.469 e. The molecule has 0 aliphatic heterocycles. The highest BCUT2D eigenvalue weighted by Crippen LogP contribution is 1.98. The average Bonchev–Trinajstić information content (AvgIpc) is 2.61. The van der Waals surface area contributed by atoms with E-state index in [-0.39, 0.29) is 12.0 Å². The van der Waals surface area contributed by atoms with Gasteiger partial charge in [-0.05, 0) is 13.8 Å². The molecule has 84 valence electrons. The van der Waals surface area contributed by atoms with Crippen LogP contribution in [-0.2, 0) is 16.1 Å². The number of carbonyl (C=O) groups excluding carboxylic acids is 1. The first-order valence-corrected chi connectivity index (χ1v) is 4.71. The number of esters is 1. The summed E-state index contributed by atoms with van der Waals surface area (Å²) in [5.74, 6) is 0.883. The average molecular weight is 213 g/mol. The van der Waals surface area contributed by atoms with Crippen molar-refractivity contribution in [3.63, 3.8) is 0 Å². The van der Waals surface area contributed by atoms with Gasteiger partial charge in [-0.3, -0.25) is 4.79 Å². The Kier molecular flexibility index (Phi) is 4.23. The molecule has 6 nitrogen and oxygen atoms in total. The maximum absolute atomic E-state index is 10.9. The van der Waals surface area contributed by atoms with Gasteiger partial charge in [0.15, 0.2) is 5.82 Å². The molecule has 0 radical (unpaired) electrons. The van der Waals surface area contributed by atoms with E-state index in [1.54, 1.807) is 6.92 Å². The van der Waals surface area contributed by atoms with Crippen LogP contribution < -0.4 is 5.32 Å². The fourth-order valence-electron chi connectivity index (χ4n) is 1.08. The summed E-state index contributed by atoms with van der Waals surface area (Å²) >= 11 is 0. The highest BCUT2D eigenvalue weighted by Gasteiger charge is 2.10. The molecule has 0 aliphatic rings. The van der Waals surface area contributed by atoms with Crippen LogP contribution in [0.1, 0.15) is 25.1 Å². The lowest BCUT2D eigenvalue weighted by Crippen LogP contribution is -2.28. The number of aryl methyl sites for hydroxylation is 1. The molecular weight excluding hydrogens is 198 g/mol. The van der Waals surface area contributed by atoms with Crippen LogP contribution in [0.5, 0.6) is 0 Å². The lowest BCUT2D eigenvalue weighted by molar-refractivity contribution is -0.141. The molecule has 1 atom stereocenters. The molecule has 0 spiro atoms. The summed E-state index contributed by atoms with van der Waals surface area (Å²) in [4.78, 5) is 14.9. The zero-order valence-electron chi connectivity index (χ0n) is 9.11. The zero-order chi connectivity index (χ0) is 11.3. The second-order valence-electron chi connectivity index (χ2n) is 3.30. The summed E-state index contributed by atoms with van der Waals surface area (Å²) in [5.41, 5.74) is 0. The van der Waals surface area contributed by atoms with E-state index in [4.69, 9.17) is 4.52 Å². The summed E-state index contributed by atoms with van der Waals surface area (Å²) < 4.78 is 9.45. The molecule has 0 aliphatic carbocycles. The van der Waals surface area contributed by atoms with E-state index in [1.165, 1.54) is 7.11 Å². The zero-order valence-corrected chi connectivity index (χ0v) is 9.11. The van der Waals surface area contributed by atoms with Crippen molar-refractivity contribution in [2.45, 2.75) is 32.9 Å². The molecule has 15 heavy (non-hydrogen) atoms. The molecule has 1 aromatic rings. The van der Waals surface area contributed by atoms with Crippen LogP contribution in [0.4, 0.5) is 0 Å². The Balaban J connectivity index is 2.28. The molecule has 6 heteroatoms. The fourth-order valence-corrected chi connectivity index (χ4v) is 1.08. The van der Waals surface area contributed by atoms with Crippen LogP contribution in [0.2, 0.25) is 0 Å². The van der Waals surface area contributed by atoms with E-state index in [0.29, 0.717) is 24.7 Å². The summed E-state index contributed by atoms with van der Waals surface area (Å²) in [6, 6.07) is 0.0182. The van der Waals surface area contributed by atoms with Gasteiger partial charge in [-0.25, -0.2) is 0 Å². The molecule has 1 N–H and O–H groups in total. The van der Waals surface area contributed by atoms with Crippen molar-refractivity contribution in [1.82, 2.24) is 15.5 Å². The SMILES string of the molecule is COC(=O)CC(C)NCc1nc(C)no1. The number of hydrogen-bond acceptors (Lipinski definition) is 6. The fraction of sp³-hybridized carbons (Fsp3) is 0.667. The van der Waals surface area contributed by atoms with Crippen molar-refractivity contribution >= 4 is 5.97 Å². The van der Waals surface area contributed by atoms with Gasteiger partial charge in [0, 0.05) is 6.04 Å². The van der Waals surface area contributed by atoms with E-state index in [2.05, 4.69) is 20.2 Å². The first-order chi connectivity index (χ1) is 7.11. The van der Waals surface area contributed by atoms with E-state index >= 15 is 0 Å². The third-order valence-corrected chi connectivity index (χ3v) is 1.87. The van der Waals surface area contributed by atoms with Crippen molar-refractivity contribution in [1.29, 1.82) is 0 Å². The summed E-state index contributed by atoms with van der Waals surface area (Å²) in [7, 11) is 1.37. The normalized spacial score (nSPS) is 12.5. The topological polar surface area (TPSA) is 77.2 Å². The smallest absolute Gasteiger partial charge is 0.307 e. The molecule has 0 amide bonds. The van der Waals surface area contributed by atoms with Crippen LogP contribution in [0.25, 0.3) is 0 Å². The molecule has 0 saturated carbocycles. The van der Waals surface area contributed by atoms with Crippen molar-refractivity contribution in [3.8, 4) is 0 Å². The van der Waals surface area contributed by atoms with E-state index in [9.17, 15) is 4.79 Å². The van der Waals surface area contributed by atoms with Crippen LogP contribution >= 0.6 is 0 Å². The maximum Gasteiger partial charge on any atom is 0.307 e. The standard InChI is InChI=1S/C9H15N3O3/c1-6(4-9(13)14-3)10-5-8-11-7(2)12-15-8/h6,10H,4-5H2,1-3H3. The molecule has 1 rings (SSSR count). The molecule has 1 aromatic heterocycles. The monoisotopic (exact) mass is 213 g/mol. The van der Waals surface area contributed by atoms with Gasteiger partial charge >= 0.3 is 5.97 Å². The van der Waals surface area contributed by atoms with E-state index in [0.717, 1.165) is 0 Å². The van der Waals surface area contributed by atoms with Crippen LogP contribution in [-0.4, -0.2) is 29.3 Å². The van der Waals surface area contributed by atoms with Gasteiger partial charge in [0.25, 0.3) is 0 Å². The summed E-state index contributed by atoms with van der Waals surface area (Å²) in [6.45, 7) is 4.10. The summed E-state index contributed by atoms with van der Waals surface area (Å²) in [6.07, 6.45) is 0.323. The van der Waals surface area contributed by atoms with Crippen LogP contribution in [0.3, 0.4) is 0 Å². The maximum atomic E-state index is 10.9. The van der Waals surface area contributed by atoms with Gasteiger partial charge in [0.2, 0.25) is 5.89 Å². The Morgan fingerprint density at radius 3 is 2.93 bits per heavy atom. The van der Waals surface area contributed by atoms with E-state index in [1.807, 2.05) is 6.92 Å². The molecule has 0 aromatic carbocycles. The van der Waals surface area contributed by atoms with Gasteiger partial charge in [0.05, 0.1) is 20.1 Å². The Morgan fingerprint density at radius 2 is 2.40 bits per heavy atom. The highest BCUT2D eigenvalue weighted by atomic mass is 16.5. The minimum atomic E-state index is -0.239. The van der Waals surface area contributed by atoms with Gasteiger partial charge in [-0.2, -0.15) is 4.98 Å². The number of ether oxygens (including phenoxy) is 1. The van der Waals surface area contributed by atoms with Crippen molar-refractivity contribution in [2.75, 3.05) is 7.11 Å². The van der Waals surface area contributed by atoms with Crippen molar-refractivity contribution in [3.05, 3.63) is 11.7 Å². The second-order valence-corrected chi connectivity index (χ2v) is 3.30. The quantitative estimate of drug-likeness (QED) is 0.714. The van der Waals surface area contributed by atoms with Crippen molar-refractivity contribution < 1.29 is 14.1 Å². The number of nitrogens with zero attached hydrogens (tertiary/aromatic N) is 2. The number of nitrogens with one attached hydrogen (secondary N) is 1. The third kappa shape index (κ3) is 4.07. The lowest BCUT2D eigenvalue weighted by atomic mass is 10.2. The molecule has 1 heterocycles. The molecule has 0 fully saturated rings. The van der Waals surface area contributed by atoms with Crippen LogP contribution in [0, 0.1) is 6.92 Å². The van der Waals surface area contributed by atoms with Gasteiger partial charge in [0.1, 0.15) is 0 Å². The molecule has 0 saturated heterocycles. The first kappa shape index (κ1) is 11.6. The number of aromatic nitrogens is 2. The second kappa shape index (κ2) is 5.45. The van der Waals surface area contributed by atoms with Crippen molar-refractivity contribution in [2.24, 2.45) is 0 Å². The predicted molar refractivity (Wildman–Crippen MR) is 52.0 cm³/mol. The Hall–Kier alpha value is -1.43. The molecule has 0 bridgehead atoms. The Labute approximate surface area is 88.0 Å². The van der Waals surface area contributed by atoms with Gasteiger partial charge < -0.3 is 14.6 Å². The third-order valence-electron chi connectivity index (χ3n) is 1.87. The largest absolute Gasteiger partial charge is 0.469 e. The van der Waals surface area contributed by atoms with Crippen LogP contribution in [0.15, 0.2) is 4.52 Å². The Bertz CT molecular complexity index is 324. The molecular formula is C9H15N3O3.